The Morgan fingerprint density at radius 3 is 2.53 bits per heavy atom. The number of esters is 1. The minimum absolute atomic E-state index is 0.00619. The minimum atomic E-state index is -0.00619. The molecule has 90 valence electrons. The first kappa shape index (κ1) is 10.6. The van der Waals surface area contributed by atoms with E-state index in [0.29, 0.717) is 5.92 Å². The normalized spacial score (nSPS) is 31.1. The molecule has 3 nitrogen and oxygen atoms in total. The maximum Gasteiger partial charge on any atom is 0.309 e. The zero-order valence-electron chi connectivity index (χ0n) is 9.89. The highest BCUT2D eigenvalue weighted by Gasteiger charge is 2.43. The summed E-state index contributed by atoms with van der Waals surface area (Å²) >= 11 is 0. The van der Waals surface area contributed by atoms with E-state index in [1.165, 1.54) is 5.56 Å². The Labute approximate surface area is 101 Å². The summed E-state index contributed by atoms with van der Waals surface area (Å²) < 4.78 is 10.5. The third-order valence-corrected chi connectivity index (χ3v) is 3.93. The van der Waals surface area contributed by atoms with E-state index in [4.69, 9.17) is 9.47 Å². The van der Waals surface area contributed by atoms with Gasteiger partial charge in [0.25, 0.3) is 0 Å². The van der Waals surface area contributed by atoms with Crippen molar-refractivity contribution in [1.29, 1.82) is 0 Å². The summed E-state index contributed by atoms with van der Waals surface area (Å²) in [6, 6.07) is 8.06. The smallest absolute Gasteiger partial charge is 0.309 e. The molecule has 3 aliphatic rings. The lowest BCUT2D eigenvalue weighted by Gasteiger charge is -2.41. The molecule has 0 radical (unpaired) electrons. The number of carbonyl (C=O) groups excluding carboxylic acids is 1. The fourth-order valence-corrected chi connectivity index (χ4v) is 2.99. The SMILES string of the molecule is COc1ccc([C@H]2C[C@H]3CC[C@@H]2C(=O)O3)cc1. The zero-order valence-corrected chi connectivity index (χ0v) is 9.89. The van der Waals surface area contributed by atoms with Crippen LogP contribution in [0.5, 0.6) is 5.75 Å². The van der Waals surface area contributed by atoms with Crippen LogP contribution in [0, 0.1) is 5.92 Å². The summed E-state index contributed by atoms with van der Waals surface area (Å²) in [4.78, 5) is 11.7. The molecule has 17 heavy (non-hydrogen) atoms. The van der Waals surface area contributed by atoms with Crippen LogP contribution in [0.4, 0.5) is 0 Å². The first-order chi connectivity index (χ1) is 8.28. The van der Waals surface area contributed by atoms with E-state index in [9.17, 15) is 4.79 Å². The predicted octanol–water partition coefficient (Wildman–Crippen LogP) is 2.50. The lowest BCUT2D eigenvalue weighted by molar-refractivity contribution is -0.170. The third-order valence-electron chi connectivity index (χ3n) is 3.93. The number of hydrogen-bond donors (Lipinski definition) is 0. The number of ether oxygens (including phenoxy) is 2. The molecule has 2 saturated heterocycles. The molecule has 1 saturated carbocycles. The van der Waals surface area contributed by atoms with Crippen LogP contribution in [0.1, 0.15) is 30.7 Å². The van der Waals surface area contributed by atoms with Gasteiger partial charge in [-0.3, -0.25) is 4.79 Å². The predicted molar refractivity (Wildman–Crippen MR) is 63.0 cm³/mol. The van der Waals surface area contributed by atoms with Gasteiger partial charge >= 0.3 is 5.97 Å². The summed E-state index contributed by atoms with van der Waals surface area (Å²) in [5, 5.41) is 0. The molecule has 0 unspecified atom stereocenters. The Hall–Kier alpha value is -1.51. The fourth-order valence-electron chi connectivity index (χ4n) is 2.99. The van der Waals surface area contributed by atoms with Crippen LogP contribution in [-0.2, 0) is 9.53 Å². The molecule has 2 heterocycles. The van der Waals surface area contributed by atoms with Crippen molar-refractivity contribution < 1.29 is 14.3 Å². The maximum absolute atomic E-state index is 11.7. The molecule has 0 amide bonds. The van der Waals surface area contributed by atoms with Gasteiger partial charge in [0.2, 0.25) is 0 Å². The van der Waals surface area contributed by atoms with Crippen LogP contribution < -0.4 is 4.74 Å². The maximum atomic E-state index is 11.7. The highest BCUT2D eigenvalue weighted by atomic mass is 16.5. The van der Waals surface area contributed by atoms with Gasteiger partial charge in [0.1, 0.15) is 11.9 Å². The quantitative estimate of drug-likeness (QED) is 0.735. The van der Waals surface area contributed by atoms with Crippen molar-refractivity contribution in [1.82, 2.24) is 0 Å². The summed E-state index contributed by atoms with van der Waals surface area (Å²) in [7, 11) is 1.66. The minimum Gasteiger partial charge on any atom is -0.497 e. The highest BCUT2D eigenvalue weighted by Crippen LogP contribution is 2.44. The van der Waals surface area contributed by atoms with Crippen molar-refractivity contribution in [2.45, 2.75) is 31.3 Å². The number of fused-ring (bicyclic) bond motifs is 3. The van der Waals surface area contributed by atoms with Crippen LogP contribution in [-0.4, -0.2) is 19.2 Å². The van der Waals surface area contributed by atoms with E-state index >= 15 is 0 Å². The molecule has 2 aliphatic heterocycles. The molecule has 1 aliphatic carbocycles. The number of carbonyl (C=O) groups is 1. The number of benzene rings is 1. The van der Waals surface area contributed by atoms with Gasteiger partial charge in [-0.15, -0.1) is 0 Å². The van der Waals surface area contributed by atoms with Crippen molar-refractivity contribution >= 4 is 5.97 Å². The lowest BCUT2D eigenvalue weighted by Crippen LogP contribution is -2.42. The van der Waals surface area contributed by atoms with Gasteiger partial charge < -0.3 is 9.47 Å². The molecule has 1 aromatic rings. The van der Waals surface area contributed by atoms with E-state index in [0.717, 1.165) is 25.0 Å². The van der Waals surface area contributed by atoms with E-state index < -0.39 is 0 Å². The molecule has 2 bridgehead atoms. The summed E-state index contributed by atoms with van der Waals surface area (Å²) in [6.07, 6.45) is 3.12. The first-order valence-corrected chi connectivity index (χ1v) is 6.12. The molecule has 0 aromatic heterocycles. The van der Waals surface area contributed by atoms with E-state index in [1.807, 2.05) is 12.1 Å². The van der Waals surface area contributed by atoms with Gasteiger partial charge in [-0.2, -0.15) is 0 Å². The average molecular weight is 232 g/mol. The lowest BCUT2D eigenvalue weighted by atomic mass is 9.72. The summed E-state index contributed by atoms with van der Waals surface area (Å²) in [6.45, 7) is 0. The van der Waals surface area contributed by atoms with Gasteiger partial charge in [0, 0.05) is 5.92 Å². The molecule has 1 aromatic carbocycles. The van der Waals surface area contributed by atoms with Crippen LogP contribution in [0.25, 0.3) is 0 Å². The van der Waals surface area contributed by atoms with Crippen LogP contribution in [0.2, 0.25) is 0 Å². The largest absolute Gasteiger partial charge is 0.497 e. The van der Waals surface area contributed by atoms with Gasteiger partial charge in [-0.05, 0) is 37.0 Å². The standard InChI is InChI=1S/C14H16O3/c1-16-10-4-2-9(3-5-10)13-8-11-6-7-12(13)14(15)17-11/h2-5,11-13H,6-8H2,1H3/t11-,12+,13-/m1/s1. The van der Waals surface area contributed by atoms with Crippen molar-refractivity contribution in [2.24, 2.45) is 5.92 Å². The van der Waals surface area contributed by atoms with Crippen LogP contribution in [0.3, 0.4) is 0 Å². The molecular formula is C14H16O3. The first-order valence-electron chi connectivity index (χ1n) is 6.12. The molecule has 0 spiro atoms. The zero-order chi connectivity index (χ0) is 11.8. The van der Waals surface area contributed by atoms with Crippen molar-refractivity contribution in [3.05, 3.63) is 29.8 Å². The Kier molecular flexibility index (Phi) is 2.54. The van der Waals surface area contributed by atoms with Gasteiger partial charge in [-0.1, -0.05) is 12.1 Å². The Morgan fingerprint density at radius 1 is 1.18 bits per heavy atom. The van der Waals surface area contributed by atoms with Crippen molar-refractivity contribution in [3.63, 3.8) is 0 Å². The topological polar surface area (TPSA) is 35.5 Å². The van der Waals surface area contributed by atoms with Gasteiger partial charge in [0.05, 0.1) is 13.0 Å². The Balaban J connectivity index is 1.86. The number of hydrogen-bond acceptors (Lipinski definition) is 3. The number of rotatable bonds is 2. The van der Waals surface area contributed by atoms with Crippen molar-refractivity contribution in [3.8, 4) is 5.75 Å². The van der Waals surface area contributed by atoms with Gasteiger partial charge in [-0.25, -0.2) is 0 Å². The molecule has 3 fully saturated rings. The van der Waals surface area contributed by atoms with E-state index in [2.05, 4.69) is 12.1 Å². The van der Waals surface area contributed by atoms with Gasteiger partial charge in [0.15, 0.2) is 0 Å². The third kappa shape index (κ3) is 1.79. The Morgan fingerprint density at radius 2 is 1.94 bits per heavy atom. The average Bonchev–Trinajstić information content (AvgIpc) is 2.39. The van der Waals surface area contributed by atoms with E-state index in [1.54, 1.807) is 7.11 Å². The molecular weight excluding hydrogens is 216 g/mol. The molecule has 3 atom stereocenters. The monoisotopic (exact) mass is 232 g/mol. The molecule has 4 rings (SSSR count). The fraction of sp³-hybridized carbons (Fsp3) is 0.500. The molecule has 0 N–H and O–H groups in total. The second-order valence-corrected chi connectivity index (χ2v) is 4.86. The Bertz CT molecular complexity index is 424. The number of methoxy groups -OCH3 is 1. The van der Waals surface area contributed by atoms with Crippen molar-refractivity contribution in [2.75, 3.05) is 7.11 Å². The summed E-state index contributed by atoms with van der Waals surface area (Å²) in [5.41, 5.74) is 1.23. The summed E-state index contributed by atoms with van der Waals surface area (Å²) in [5.74, 6) is 1.25. The van der Waals surface area contributed by atoms with E-state index in [-0.39, 0.29) is 18.0 Å². The second kappa shape index (κ2) is 4.06. The second-order valence-electron chi connectivity index (χ2n) is 4.86. The van der Waals surface area contributed by atoms with Crippen LogP contribution >= 0.6 is 0 Å². The highest BCUT2D eigenvalue weighted by molar-refractivity contribution is 5.75. The molecule has 3 heteroatoms. The van der Waals surface area contributed by atoms with Crippen LogP contribution in [0.15, 0.2) is 24.3 Å².